The summed E-state index contributed by atoms with van der Waals surface area (Å²) >= 11 is 0. The average Bonchev–Trinajstić information content (AvgIpc) is 2.80. The van der Waals surface area contributed by atoms with E-state index < -0.39 is 5.92 Å². The van der Waals surface area contributed by atoms with E-state index in [2.05, 4.69) is 12.2 Å². The van der Waals surface area contributed by atoms with Crippen LogP contribution >= 0.6 is 0 Å². The Labute approximate surface area is 182 Å². The third-order valence-corrected chi connectivity index (χ3v) is 5.43. The average molecular weight is 415 g/mol. The third-order valence-electron chi connectivity index (χ3n) is 5.43. The van der Waals surface area contributed by atoms with Crippen LogP contribution in [0.3, 0.4) is 0 Å². The van der Waals surface area contributed by atoms with Crippen molar-refractivity contribution in [3.05, 3.63) is 90.0 Å². The van der Waals surface area contributed by atoms with Crippen LogP contribution in [0.25, 0.3) is 0 Å². The number of ether oxygens (including phenoxy) is 1. The van der Waals surface area contributed by atoms with Crippen LogP contribution in [0, 0.1) is 0 Å². The lowest BCUT2D eigenvalue weighted by atomic mass is 9.90. The molecule has 3 aromatic carbocycles. The molecule has 0 aromatic heterocycles. The van der Waals surface area contributed by atoms with Crippen molar-refractivity contribution in [1.29, 1.82) is 0 Å². The summed E-state index contributed by atoms with van der Waals surface area (Å²) in [7, 11) is 0. The summed E-state index contributed by atoms with van der Waals surface area (Å²) in [6.45, 7) is 2.78. The molecule has 0 bridgehead atoms. The molecule has 0 atom stereocenters. The van der Waals surface area contributed by atoms with Crippen LogP contribution < -0.4 is 15.0 Å². The monoisotopic (exact) mass is 414 g/mol. The number of nitrogens with one attached hydrogen (secondary N) is 1. The second-order valence-electron chi connectivity index (χ2n) is 7.61. The summed E-state index contributed by atoms with van der Waals surface area (Å²) in [5.41, 5.74) is 3.19. The van der Waals surface area contributed by atoms with Gasteiger partial charge in [0.25, 0.3) is 5.91 Å². The van der Waals surface area contributed by atoms with Crippen molar-refractivity contribution >= 4 is 23.2 Å². The smallest absolute Gasteiger partial charge is 0.265 e. The minimum absolute atomic E-state index is 0.0481. The van der Waals surface area contributed by atoms with Gasteiger partial charge in [-0.3, -0.25) is 9.59 Å². The van der Waals surface area contributed by atoms with Crippen molar-refractivity contribution in [3.8, 4) is 5.75 Å². The van der Waals surface area contributed by atoms with Gasteiger partial charge in [-0.05, 0) is 35.7 Å². The van der Waals surface area contributed by atoms with Crippen molar-refractivity contribution in [1.82, 2.24) is 0 Å². The molecule has 0 saturated heterocycles. The minimum Gasteiger partial charge on any atom is -0.482 e. The molecule has 0 unspecified atom stereocenters. The van der Waals surface area contributed by atoms with Gasteiger partial charge in [0, 0.05) is 12.2 Å². The molecular weight excluding hydrogens is 388 g/mol. The molecular formula is C26H26N2O3. The van der Waals surface area contributed by atoms with Gasteiger partial charge in [-0.25, -0.2) is 0 Å². The largest absolute Gasteiger partial charge is 0.482 e. The van der Waals surface area contributed by atoms with Gasteiger partial charge < -0.3 is 15.0 Å². The fraction of sp³-hybridized carbons (Fsp3) is 0.231. The fourth-order valence-electron chi connectivity index (χ4n) is 3.84. The van der Waals surface area contributed by atoms with E-state index in [0.717, 1.165) is 24.0 Å². The van der Waals surface area contributed by atoms with Crippen molar-refractivity contribution in [2.75, 3.05) is 23.4 Å². The van der Waals surface area contributed by atoms with Crippen LogP contribution in [-0.2, 0) is 9.59 Å². The first-order valence-corrected chi connectivity index (χ1v) is 10.7. The molecule has 0 saturated carbocycles. The maximum Gasteiger partial charge on any atom is 0.265 e. The molecule has 5 nitrogen and oxygen atoms in total. The molecule has 0 aliphatic carbocycles. The van der Waals surface area contributed by atoms with Crippen molar-refractivity contribution in [2.45, 2.75) is 25.7 Å². The van der Waals surface area contributed by atoms with E-state index in [9.17, 15) is 9.59 Å². The second-order valence-corrected chi connectivity index (χ2v) is 7.61. The molecule has 2 amide bonds. The number of unbranched alkanes of at least 4 members (excludes halogenated alkanes) is 1. The summed E-state index contributed by atoms with van der Waals surface area (Å²) in [5.74, 6) is 0.0419. The van der Waals surface area contributed by atoms with E-state index in [4.69, 9.17) is 4.74 Å². The molecule has 4 rings (SSSR count). The Kier molecular flexibility index (Phi) is 6.32. The quantitative estimate of drug-likeness (QED) is 0.593. The number of hydrogen-bond donors (Lipinski definition) is 1. The number of carbonyl (C=O) groups is 2. The molecule has 5 heteroatoms. The SMILES string of the molecule is CCCCN1C(=O)COc2ccc(NC(=O)C(c3ccccc3)c3ccccc3)cc21. The van der Waals surface area contributed by atoms with Crippen LogP contribution in [-0.4, -0.2) is 25.0 Å². The summed E-state index contributed by atoms with van der Waals surface area (Å²) in [5, 5.41) is 3.05. The Morgan fingerprint density at radius 2 is 1.65 bits per heavy atom. The first-order chi connectivity index (χ1) is 15.2. The summed E-state index contributed by atoms with van der Waals surface area (Å²) in [6, 6.07) is 24.9. The summed E-state index contributed by atoms with van der Waals surface area (Å²) in [4.78, 5) is 27.5. The van der Waals surface area contributed by atoms with Crippen molar-refractivity contribution in [3.63, 3.8) is 0 Å². The van der Waals surface area contributed by atoms with Gasteiger partial charge in [0.1, 0.15) is 5.75 Å². The number of fused-ring (bicyclic) bond motifs is 1. The molecule has 0 radical (unpaired) electrons. The van der Waals surface area contributed by atoms with E-state index >= 15 is 0 Å². The highest BCUT2D eigenvalue weighted by molar-refractivity contribution is 6.01. The standard InChI is InChI=1S/C26H26N2O3/c1-2-3-16-28-22-17-21(14-15-23(22)31-18-24(28)29)27-26(30)25(19-10-6-4-7-11-19)20-12-8-5-9-13-20/h4-15,17,25H,2-3,16,18H2,1H3,(H,27,30). The number of benzene rings is 3. The summed E-state index contributed by atoms with van der Waals surface area (Å²) in [6.07, 6.45) is 1.90. The van der Waals surface area contributed by atoms with Crippen LogP contribution in [0.15, 0.2) is 78.9 Å². The Morgan fingerprint density at radius 1 is 1.00 bits per heavy atom. The normalized spacial score (nSPS) is 13.0. The molecule has 1 N–H and O–H groups in total. The Balaban J connectivity index is 1.63. The molecule has 0 spiro atoms. The van der Waals surface area contributed by atoms with Crippen LogP contribution in [0.4, 0.5) is 11.4 Å². The first kappa shape index (κ1) is 20.7. The van der Waals surface area contributed by atoms with E-state index in [1.54, 1.807) is 4.90 Å². The van der Waals surface area contributed by atoms with Crippen LogP contribution in [0.5, 0.6) is 5.75 Å². The maximum atomic E-state index is 13.4. The van der Waals surface area contributed by atoms with Gasteiger partial charge in [0.05, 0.1) is 11.6 Å². The number of hydrogen-bond acceptors (Lipinski definition) is 3. The number of amides is 2. The van der Waals surface area contributed by atoms with E-state index in [-0.39, 0.29) is 18.4 Å². The highest BCUT2D eigenvalue weighted by atomic mass is 16.5. The molecule has 0 fully saturated rings. The molecule has 31 heavy (non-hydrogen) atoms. The molecule has 1 heterocycles. The molecule has 158 valence electrons. The highest BCUT2D eigenvalue weighted by Gasteiger charge is 2.27. The van der Waals surface area contributed by atoms with E-state index in [0.29, 0.717) is 23.7 Å². The second kappa shape index (κ2) is 9.47. The lowest BCUT2D eigenvalue weighted by molar-refractivity contribution is -0.121. The number of nitrogens with zero attached hydrogens (tertiary/aromatic N) is 1. The predicted molar refractivity (Wildman–Crippen MR) is 123 cm³/mol. The maximum absolute atomic E-state index is 13.4. The highest BCUT2D eigenvalue weighted by Crippen LogP contribution is 2.35. The van der Waals surface area contributed by atoms with Gasteiger partial charge >= 0.3 is 0 Å². The third kappa shape index (κ3) is 4.61. The molecule has 3 aromatic rings. The van der Waals surface area contributed by atoms with E-state index in [1.165, 1.54) is 0 Å². The lowest BCUT2D eigenvalue weighted by Gasteiger charge is -2.30. The predicted octanol–water partition coefficient (Wildman–Crippen LogP) is 4.98. The Hall–Kier alpha value is -3.60. The summed E-state index contributed by atoms with van der Waals surface area (Å²) < 4.78 is 5.59. The van der Waals surface area contributed by atoms with Crippen LogP contribution in [0.1, 0.15) is 36.8 Å². The zero-order valence-electron chi connectivity index (χ0n) is 17.6. The zero-order valence-corrected chi connectivity index (χ0v) is 17.6. The lowest BCUT2D eigenvalue weighted by Crippen LogP contribution is -2.39. The number of anilines is 2. The zero-order chi connectivity index (χ0) is 21.6. The Morgan fingerprint density at radius 3 is 2.26 bits per heavy atom. The van der Waals surface area contributed by atoms with E-state index in [1.807, 2.05) is 78.9 Å². The van der Waals surface area contributed by atoms with Gasteiger partial charge in [-0.1, -0.05) is 74.0 Å². The van der Waals surface area contributed by atoms with Crippen molar-refractivity contribution < 1.29 is 14.3 Å². The van der Waals surface area contributed by atoms with Crippen molar-refractivity contribution in [2.24, 2.45) is 0 Å². The number of carbonyl (C=O) groups excluding carboxylic acids is 2. The molecule has 1 aliphatic heterocycles. The minimum atomic E-state index is -0.437. The molecule has 1 aliphatic rings. The topological polar surface area (TPSA) is 58.6 Å². The van der Waals surface area contributed by atoms with Gasteiger partial charge in [-0.2, -0.15) is 0 Å². The van der Waals surface area contributed by atoms with Crippen LogP contribution in [0.2, 0.25) is 0 Å². The Bertz CT molecular complexity index is 1010. The van der Waals surface area contributed by atoms with Gasteiger partial charge in [-0.15, -0.1) is 0 Å². The van der Waals surface area contributed by atoms with Gasteiger partial charge in [0.2, 0.25) is 5.91 Å². The van der Waals surface area contributed by atoms with Gasteiger partial charge in [0.15, 0.2) is 6.61 Å². The number of rotatable bonds is 7. The first-order valence-electron chi connectivity index (χ1n) is 10.7. The fourth-order valence-corrected chi connectivity index (χ4v) is 3.84.